The van der Waals surface area contributed by atoms with Crippen LogP contribution in [0.3, 0.4) is 0 Å². The molecule has 0 saturated carbocycles. The molecular formula is C16H18FIN6S. The normalized spacial score (nSPS) is 14.8. The highest BCUT2D eigenvalue weighted by Crippen LogP contribution is 2.19. The highest BCUT2D eigenvalue weighted by Gasteiger charge is 2.19. The third-order valence-electron chi connectivity index (χ3n) is 3.88. The molecule has 1 aromatic heterocycles. The Kier molecular flexibility index (Phi) is 6.95. The van der Waals surface area contributed by atoms with Gasteiger partial charge < -0.3 is 15.5 Å². The molecule has 1 aliphatic heterocycles. The van der Waals surface area contributed by atoms with Crippen LogP contribution >= 0.6 is 35.3 Å². The molecule has 3 rings (SSSR count). The molecule has 0 spiro atoms. The van der Waals surface area contributed by atoms with Gasteiger partial charge in [-0.05, 0) is 18.2 Å². The van der Waals surface area contributed by atoms with Gasteiger partial charge in [0.2, 0.25) is 0 Å². The maximum atomic E-state index is 13.8. The Balaban J connectivity index is 0.00000225. The monoisotopic (exact) mass is 472 g/mol. The molecule has 2 heterocycles. The van der Waals surface area contributed by atoms with Crippen LogP contribution in [0.25, 0.3) is 0 Å². The number of nitrogens with zero attached hydrogens (tertiary/aromatic N) is 5. The van der Waals surface area contributed by atoms with Gasteiger partial charge in [-0.15, -0.1) is 35.3 Å². The third kappa shape index (κ3) is 4.79. The average Bonchev–Trinajstić information content (AvgIpc) is 3.15. The van der Waals surface area contributed by atoms with Crippen molar-refractivity contribution in [3.05, 3.63) is 46.7 Å². The highest BCUT2D eigenvalue weighted by molar-refractivity contribution is 14.0. The van der Waals surface area contributed by atoms with E-state index >= 15 is 0 Å². The number of aliphatic imine (C=N–C) groups is 1. The van der Waals surface area contributed by atoms with Crippen molar-refractivity contribution in [2.24, 2.45) is 10.7 Å². The van der Waals surface area contributed by atoms with Crippen molar-refractivity contribution >= 4 is 46.4 Å². The van der Waals surface area contributed by atoms with E-state index in [1.807, 2.05) is 16.3 Å². The van der Waals surface area contributed by atoms with Crippen molar-refractivity contribution in [1.29, 1.82) is 5.26 Å². The van der Waals surface area contributed by atoms with Crippen LogP contribution in [0.2, 0.25) is 0 Å². The lowest BCUT2D eigenvalue weighted by molar-refractivity contribution is 0.380. The zero-order valence-electron chi connectivity index (χ0n) is 13.4. The van der Waals surface area contributed by atoms with Gasteiger partial charge in [0.1, 0.15) is 5.82 Å². The molecule has 1 saturated heterocycles. The maximum Gasteiger partial charge on any atom is 0.191 e. The first-order valence-corrected chi connectivity index (χ1v) is 8.43. The van der Waals surface area contributed by atoms with Crippen LogP contribution in [0.1, 0.15) is 11.1 Å². The molecule has 9 heteroatoms. The number of aromatic nitrogens is 1. The Hall–Kier alpha value is -1.93. The Morgan fingerprint density at radius 3 is 2.76 bits per heavy atom. The number of nitrogens with two attached hydrogens (primary N) is 1. The molecule has 25 heavy (non-hydrogen) atoms. The largest absolute Gasteiger partial charge is 0.370 e. The van der Waals surface area contributed by atoms with E-state index in [2.05, 4.69) is 14.9 Å². The predicted molar refractivity (Wildman–Crippen MR) is 108 cm³/mol. The van der Waals surface area contributed by atoms with E-state index in [1.165, 1.54) is 18.2 Å². The van der Waals surface area contributed by atoms with Crippen molar-refractivity contribution < 1.29 is 4.39 Å². The summed E-state index contributed by atoms with van der Waals surface area (Å²) in [6.45, 7) is 3.26. The standard InChI is InChI=1S/C16H17FN6S.HI/c17-14-2-1-12(10-18)9-13(14)11-21-15(19)22-4-6-23(7-5-22)16-20-3-8-24-16;/h1-3,8-9H,4-7,11H2,(H2,19,21);1H. The quantitative estimate of drug-likeness (QED) is 0.422. The Morgan fingerprint density at radius 1 is 1.36 bits per heavy atom. The molecule has 0 amide bonds. The van der Waals surface area contributed by atoms with Gasteiger partial charge in [-0.1, -0.05) is 0 Å². The molecule has 1 fully saturated rings. The molecule has 0 aliphatic carbocycles. The molecule has 2 aromatic rings. The van der Waals surface area contributed by atoms with Crippen LogP contribution in [-0.4, -0.2) is 42.0 Å². The van der Waals surface area contributed by atoms with Crippen LogP contribution in [0.5, 0.6) is 0 Å². The van der Waals surface area contributed by atoms with E-state index in [4.69, 9.17) is 11.0 Å². The summed E-state index contributed by atoms with van der Waals surface area (Å²) in [7, 11) is 0. The summed E-state index contributed by atoms with van der Waals surface area (Å²) in [5.74, 6) is 0.0229. The van der Waals surface area contributed by atoms with Crippen molar-refractivity contribution in [2.75, 3.05) is 31.1 Å². The molecular weight excluding hydrogens is 454 g/mol. The van der Waals surface area contributed by atoms with Crippen molar-refractivity contribution in [3.63, 3.8) is 0 Å². The number of piperazine rings is 1. The second kappa shape index (κ2) is 8.96. The van der Waals surface area contributed by atoms with Gasteiger partial charge in [-0.3, -0.25) is 0 Å². The first kappa shape index (κ1) is 19.4. The fourth-order valence-electron chi connectivity index (χ4n) is 2.53. The summed E-state index contributed by atoms with van der Waals surface area (Å²) in [6, 6.07) is 6.24. The van der Waals surface area contributed by atoms with E-state index in [-0.39, 0.29) is 36.3 Å². The van der Waals surface area contributed by atoms with E-state index < -0.39 is 0 Å². The minimum atomic E-state index is -0.376. The molecule has 1 aromatic carbocycles. The summed E-state index contributed by atoms with van der Waals surface area (Å²) in [6.07, 6.45) is 1.80. The lowest BCUT2D eigenvalue weighted by Crippen LogP contribution is -2.51. The number of halogens is 2. The number of thiazole rings is 1. The zero-order chi connectivity index (χ0) is 16.9. The minimum absolute atomic E-state index is 0. The summed E-state index contributed by atoms with van der Waals surface area (Å²) >= 11 is 1.62. The fourth-order valence-corrected chi connectivity index (χ4v) is 3.23. The zero-order valence-corrected chi connectivity index (χ0v) is 16.6. The van der Waals surface area contributed by atoms with Crippen molar-refractivity contribution in [2.45, 2.75) is 6.54 Å². The third-order valence-corrected chi connectivity index (χ3v) is 4.71. The van der Waals surface area contributed by atoms with Crippen LogP contribution in [0, 0.1) is 17.1 Å². The van der Waals surface area contributed by atoms with Gasteiger partial charge in [-0.25, -0.2) is 14.4 Å². The number of hydrogen-bond acceptors (Lipinski definition) is 5. The summed E-state index contributed by atoms with van der Waals surface area (Å²) in [5, 5.41) is 11.9. The Bertz CT molecular complexity index is 765. The lowest BCUT2D eigenvalue weighted by Gasteiger charge is -2.35. The fraction of sp³-hybridized carbons (Fsp3) is 0.312. The second-order valence-electron chi connectivity index (χ2n) is 5.38. The highest BCUT2D eigenvalue weighted by atomic mass is 127. The summed E-state index contributed by atoms with van der Waals surface area (Å²) < 4.78 is 13.8. The van der Waals surface area contributed by atoms with Crippen molar-refractivity contribution in [1.82, 2.24) is 9.88 Å². The van der Waals surface area contributed by atoms with Crippen molar-refractivity contribution in [3.8, 4) is 6.07 Å². The molecule has 6 nitrogen and oxygen atoms in total. The molecule has 132 valence electrons. The molecule has 2 N–H and O–H groups in total. The van der Waals surface area contributed by atoms with Gasteiger partial charge >= 0.3 is 0 Å². The minimum Gasteiger partial charge on any atom is -0.370 e. The van der Waals surface area contributed by atoms with Crippen LogP contribution < -0.4 is 10.6 Å². The number of guanidine groups is 1. The van der Waals surface area contributed by atoms with E-state index in [9.17, 15) is 4.39 Å². The SMILES string of the molecule is I.N#Cc1ccc(F)c(CN=C(N)N2CCN(c3nccs3)CC2)c1. The Labute approximate surface area is 166 Å². The van der Waals surface area contributed by atoms with Crippen LogP contribution in [0.15, 0.2) is 34.8 Å². The predicted octanol–water partition coefficient (Wildman–Crippen LogP) is 2.41. The Morgan fingerprint density at radius 2 is 2.12 bits per heavy atom. The van der Waals surface area contributed by atoms with E-state index in [1.54, 1.807) is 17.5 Å². The molecule has 0 bridgehead atoms. The molecule has 0 radical (unpaired) electrons. The van der Waals surface area contributed by atoms with Gasteiger partial charge in [0.15, 0.2) is 11.1 Å². The first-order chi connectivity index (χ1) is 11.7. The smallest absolute Gasteiger partial charge is 0.191 e. The molecule has 1 aliphatic rings. The molecule has 0 atom stereocenters. The van der Waals surface area contributed by atoms with E-state index in [0.717, 1.165) is 31.3 Å². The average molecular weight is 472 g/mol. The van der Waals surface area contributed by atoms with Gasteiger partial charge in [0.05, 0.1) is 18.2 Å². The topological polar surface area (TPSA) is 81.5 Å². The van der Waals surface area contributed by atoms with Gasteiger partial charge in [0, 0.05) is 43.3 Å². The number of anilines is 1. The number of hydrogen-bond donors (Lipinski definition) is 1. The summed E-state index contributed by atoms with van der Waals surface area (Å²) in [5.41, 5.74) is 6.83. The van der Waals surface area contributed by atoms with Crippen LogP contribution in [0.4, 0.5) is 9.52 Å². The van der Waals surface area contributed by atoms with E-state index in [0.29, 0.717) is 17.1 Å². The van der Waals surface area contributed by atoms with Gasteiger partial charge in [0.25, 0.3) is 0 Å². The number of nitriles is 1. The second-order valence-corrected chi connectivity index (χ2v) is 6.25. The lowest BCUT2D eigenvalue weighted by atomic mass is 10.1. The molecule has 0 unspecified atom stereocenters. The summed E-state index contributed by atoms with van der Waals surface area (Å²) in [4.78, 5) is 12.8. The first-order valence-electron chi connectivity index (χ1n) is 7.55. The number of rotatable bonds is 3. The van der Waals surface area contributed by atoms with Crippen LogP contribution in [-0.2, 0) is 6.54 Å². The number of benzene rings is 1. The maximum absolute atomic E-state index is 13.8. The van der Waals surface area contributed by atoms with Gasteiger partial charge in [-0.2, -0.15) is 5.26 Å².